The largest absolute Gasteiger partial charge is 0.376 e. The Kier molecular flexibility index (Phi) is 7.17. The number of anilines is 1. The average molecular weight is 277 g/mol. The number of benzene rings is 1. The third kappa shape index (κ3) is 5.73. The van der Waals surface area contributed by atoms with E-state index in [4.69, 9.17) is 0 Å². The highest BCUT2D eigenvalue weighted by Gasteiger charge is 2.04. The molecule has 0 radical (unpaired) electrons. The molecule has 0 saturated carbocycles. The van der Waals surface area contributed by atoms with Crippen LogP contribution in [0.4, 0.5) is 5.69 Å². The molecule has 20 heavy (non-hydrogen) atoms. The van der Waals surface area contributed by atoms with E-state index in [1.807, 2.05) is 6.92 Å². The highest BCUT2D eigenvalue weighted by Crippen LogP contribution is 2.09. The molecule has 0 unspecified atom stereocenters. The molecule has 5 heteroatoms. The minimum absolute atomic E-state index is 0.0220. The van der Waals surface area contributed by atoms with Gasteiger partial charge in [0.1, 0.15) is 0 Å². The third-order valence-electron chi connectivity index (χ3n) is 2.79. The lowest BCUT2D eigenvalue weighted by molar-refractivity contribution is -0.119. The molecule has 0 atom stereocenters. The molecule has 0 aromatic heterocycles. The van der Waals surface area contributed by atoms with Crippen LogP contribution in [-0.2, 0) is 4.79 Å². The van der Waals surface area contributed by atoms with E-state index >= 15 is 0 Å². The van der Waals surface area contributed by atoms with E-state index in [0.29, 0.717) is 18.7 Å². The summed E-state index contributed by atoms with van der Waals surface area (Å²) in [7, 11) is 0. The fraction of sp³-hybridized carbons (Fsp3) is 0.467. The summed E-state index contributed by atoms with van der Waals surface area (Å²) in [6.45, 7) is 5.53. The van der Waals surface area contributed by atoms with Crippen LogP contribution in [0.25, 0.3) is 0 Å². The zero-order valence-electron chi connectivity index (χ0n) is 12.2. The fourth-order valence-electron chi connectivity index (χ4n) is 1.65. The van der Waals surface area contributed by atoms with Gasteiger partial charge in [-0.2, -0.15) is 0 Å². The van der Waals surface area contributed by atoms with Gasteiger partial charge in [-0.25, -0.2) is 0 Å². The van der Waals surface area contributed by atoms with E-state index in [1.54, 1.807) is 24.3 Å². The van der Waals surface area contributed by atoms with Crippen molar-refractivity contribution in [1.29, 1.82) is 0 Å². The number of rotatable bonds is 8. The minimum Gasteiger partial charge on any atom is -0.376 e. The Labute approximate surface area is 120 Å². The number of carbonyl (C=O) groups is 2. The van der Waals surface area contributed by atoms with Crippen LogP contribution in [0.2, 0.25) is 0 Å². The van der Waals surface area contributed by atoms with Crippen LogP contribution in [0.5, 0.6) is 0 Å². The molecule has 0 bridgehead atoms. The van der Waals surface area contributed by atoms with Crippen molar-refractivity contribution in [2.75, 3.05) is 25.0 Å². The maximum Gasteiger partial charge on any atom is 0.251 e. The Morgan fingerprint density at radius 1 is 1.05 bits per heavy atom. The normalized spacial score (nSPS) is 9.90. The molecule has 0 fully saturated rings. The molecular weight excluding hydrogens is 254 g/mol. The van der Waals surface area contributed by atoms with Crippen molar-refractivity contribution in [3.63, 3.8) is 0 Å². The molecule has 1 rings (SSSR count). The van der Waals surface area contributed by atoms with E-state index in [9.17, 15) is 9.59 Å². The predicted octanol–water partition coefficient (Wildman–Crippen LogP) is 1.76. The van der Waals surface area contributed by atoms with Gasteiger partial charge in [-0.1, -0.05) is 13.3 Å². The first-order valence-electron chi connectivity index (χ1n) is 7.06. The van der Waals surface area contributed by atoms with E-state index in [0.717, 1.165) is 18.5 Å². The van der Waals surface area contributed by atoms with E-state index in [2.05, 4.69) is 22.9 Å². The molecule has 1 aromatic rings. The van der Waals surface area contributed by atoms with Gasteiger partial charge in [-0.05, 0) is 37.6 Å². The second-order valence-electron chi connectivity index (χ2n) is 4.49. The monoisotopic (exact) mass is 277 g/mol. The number of unbranched alkanes of at least 4 members (excludes halogenated alkanes) is 1. The SMILES string of the molecule is CCCCNC(=O)CNc1ccc(C(=O)NCC)cc1. The number of hydrogen-bond donors (Lipinski definition) is 3. The van der Waals surface area contributed by atoms with E-state index in [1.165, 1.54) is 0 Å². The zero-order chi connectivity index (χ0) is 14.8. The second-order valence-corrected chi connectivity index (χ2v) is 4.49. The molecule has 1 aromatic carbocycles. The standard InChI is InChI=1S/C15H23N3O2/c1-3-5-10-17-14(19)11-18-13-8-6-12(7-9-13)15(20)16-4-2/h6-9,18H,3-5,10-11H2,1-2H3,(H,16,20)(H,17,19). The Balaban J connectivity index is 2.38. The molecule has 0 aliphatic heterocycles. The quantitative estimate of drug-likeness (QED) is 0.634. The number of carbonyl (C=O) groups excluding carboxylic acids is 2. The van der Waals surface area contributed by atoms with Crippen LogP contribution < -0.4 is 16.0 Å². The topological polar surface area (TPSA) is 70.2 Å². The summed E-state index contributed by atoms with van der Waals surface area (Å²) in [5, 5.41) is 8.60. The summed E-state index contributed by atoms with van der Waals surface area (Å²) in [6, 6.07) is 7.07. The van der Waals surface area contributed by atoms with E-state index in [-0.39, 0.29) is 18.4 Å². The fourth-order valence-corrected chi connectivity index (χ4v) is 1.65. The summed E-state index contributed by atoms with van der Waals surface area (Å²) in [4.78, 5) is 23.1. The van der Waals surface area contributed by atoms with Crippen LogP contribution >= 0.6 is 0 Å². The van der Waals surface area contributed by atoms with E-state index < -0.39 is 0 Å². The maximum absolute atomic E-state index is 11.6. The first-order chi connectivity index (χ1) is 9.67. The van der Waals surface area contributed by atoms with Gasteiger partial charge < -0.3 is 16.0 Å². The summed E-state index contributed by atoms with van der Waals surface area (Å²) in [5.41, 5.74) is 1.44. The molecule has 110 valence electrons. The van der Waals surface area contributed by atoms with Crippen LogP contribution in [0.1, 0.15) is 37.0 Å². The van der Waals surface area contributed by atoms with Crippen LogP contribution in [0.3, 0.4) is 0 Å². The molecule has 0 saturated heterocycles. The summed E-state index contributed by atoms with van der Waals surface area (Å²) in [5.74, 6) is -0.109. The van der Waals surface area contributed by atoms with Crippen LogP contribution in [0, 0.1) is 0 Å². The Morgan fingerprint density at radius 3 is 2.35 bits per heavy atom. The lowest BCUT2D eigenvalue weighted by Gasteiger charge is -2.08. The van der Waals surface area contributed by atoms with Crippen molar-refractivity contribution in [3.05, 3.63) is 29.8 Å². The van der Waals surface area contributed by atoms with Crippen molar-refractivity contribution < 1.29 is 9.59 Å². The Hall–Kier alpha value is -2.04. The van der Waals surface area contributed by atoms with Crippen molar-refractivity contribution in [2.45, 2.75) is 26.7 Å². The molecule has 0 aliphatic rings. The highest BCUT2D eigenvalue weighted by atomic mass is 16.2. The first-order valence-corrected chi connectivity index (χ1v) is 7.06. The number of amides is 2. The highest BCUT2D eigenvalue weighted by molar-refractivity contribution is 5.94. The molecule has 2 amide bonds. The van der Waals surface area contributed by atoms with Gasteiger partial charge in [-0.3, -0.25) is 9.59 Å². The average Bonchev–Trinajstić information content (AvgIpc) is 2.46. The smallest absolute Gasteiger partial charge is 0.251 e. The molecule has 0 aliphatic carbocycles. The van der Waals surface area contributed by atoms with Crippen molar-refractivity contribution in [2.24, 2.45) is 0 Å². The number of nitrogens with one attached hydrogen (secondary N) is 3. The van der Waals surface area contributed by atoms with Gasteiger partial charge in [0.05, 0.1) is 6.54 Å². The number of hydrogen-bond acceptors (Lipinski definition) is 3. The predicted molar refractivity (Wildman–Crippen MR) is 80.9 cm³/mol. The van der Waals surface area contributed by atoms with Crippen molar-refractivity contribution >= 4 is 17.5 Å². The molecule has 3 N–H and O–H groups in total. The second kappa shape index (κ2) is 8.96. The molecular formula is C15H23N3O2. The maximum atomic E-state index is 11.6. The van der Waals surface area contributed by atoms with Gasteiger partial charge >= 0.3 is 0 Å². The van der Waals surface area contributed by atoms with Crippen molar-refractivity contribution in [3.8, 4) is 0 Å². The van der Waals surface area contributed by atoms with Gasteiger partial charge in [0.25, 0.3) is 5.91 Å². The molecule has 0 heterocycles. The Bertz CT molecular complexity index is 429. The minimum atomic E-state index is -0.0867. The third-order valence-corrected chi connectivity index (χ3v) is 2.79. The summed E-state index contributed by atoms with van der Waals surface area (Å²) >= 11 is 0. The molecule has 5 nitrogen and oxygen atoms in total. The van der Waals surface area contributed by atoms with Gasteiger partial charge in [0, 0.05) is 24.3 Å². The molecule has 0 spiro atoms. The zero-order valence-corrected chi connectivity index (χ0v) is 12.2. The Morgan fingerprint density at radius 2 is 1.75 bits per heavy atom. The van der Waals surface area contributed by atoms with Gasteiger partial charge in [0.2, 0.25) is 5.91 Å². The lowest BCUT2D eigenvalue weighted by atomic mass is 10.2. The van der Waals surface area contributed by atoms with Crippen LogP contribution in [0.15, 0.2) is 24.3 Å². The lowest BCUT2D eigenvalue weighted by Crippen LogP contribution is -2.30. The first kappa shape index (κ1) is 16.0. The van der Waals surface area contributed by atoms with Crippen molar-refractivity contribution in [1.82, 2.24) is 10.6 Å². The summed E-state index contributed by atoms with van der Waals surface area (Å²) in [6.07, 6.45) is 2.06. The van der Waals surface area contributed by atoms with Gasteiger partial charge in [-0.15, -0.1) is 0 Å². The van der Waals surface area contributed by atoms with Crippen LogP contribution in [-0.4, -0.2) is 31.4 Å². The van der Waals surface area contributed by atoms with Gasteiger partial charge in [0.15, 0.2) is 0 Å². The summed E-state index contributed by atoms with van der Waals surface area (Å²) < 4.78 is 0.